The molecule has 0 aromatic carbocycles. The van der Waals surface area contributed by atoms with Crippen LogP contribution >= 0.6 is 0 Å². The molecule has 0 aromatic rings. The van der Waals surface area contributed by atoms with Crippen molar-refractivity contribution in [3.63, 3.8) is 0 Å². The summed E-state index contributed by atoms with van der Waals surface area (Å²) in [5.74, 6) is 0. The van der Waals surface area contributed by atoms with Crippen LogP contribution in [0.3, 0.4) is 0 Å². The maximum atomic E-state index is 2.12. The molecule has 0 aromatic heterocycles. The van der Waals surface area contributed by atoms with Crippen molar-refractivity contribution in [3.05, 3.63) is 24.3 Å². The predicted molar refractivity (Wildman–Crippen MR) is 22.9 cm³/mol. The van der Waals surface area contributed by atoms with E-state index >= 15 is 0 Å². The first-order chi connectivity index (χ1) is 2.50. The van der Waals surface area contributed by atoms with Crippen LogP contribution in [0.25, 0.3) is 0 Å². The molecule has 0 unspecified atom stereocenters. The molecule has 6 heavy (non-hydrogen) atoms. The van der Waals surface area contributed by atoms with Gasteiger partial charge in [0.25, 0.3) is 0 Å². The van der Waals surface area contributed by atoms with Gasteiger partial charge in [-0.1, -0.05) is 24.3 Å². The van der Waals surface area contributed by atoms with E-state index in [1.807, 2.05) is 0 Å². The van der Waals surface area contributed by atoms with Gasteiger partial charge in [0.05, 0.1) is 0 Å². The van der Waals surface area contributed by atoms with E-state index in [1.54, 1.807) is 0 Å². The first kappa shape index (κ1) is 6.10. The molecule has 0 amide bonds. The molecule has 0 N–H and O–H groups in total. The Hall–Kier alpha value is 0.103. The van der Waals surface area contributed by atoms with Gasteiger partial charge < -0.3 is 0 Å². The fourth-order valence-corrected chi connectivity index (χ4v) is 0.393. The van der Waals surface area contributed by atoms with Crippen LogP contribution in [0.15, 0.2) is 24.3 Å². The van der Waals surface area contributed by atoms with E-state index < -0.39 is 0 Å². The molecule has 0 aliphatic heterocycles. The zero-order valence-electron chi connectivity index (χ0n) is 3.37. The second kappa shape index (κ2) is 3.30. The van der Waals surface area contributed by atoms with E-state index in [1.165, 1.54) is 0 Å². The van der Waals surface area contributed by atoms with Crippen molar-refractivity contribution in [3.8, 4) is 0 Å². The quantitative estimate of drug-likeness (QED) is 0.479. The van der Waals surface area contributed by atoms with Gasteiger partial charge in [-0.3, -0.25) is 0 Å². The summed E-state index contributed by atoms with van der Waals surface area (Å²) in [4.78, 5) is 0. The number of hydrogen-bond acceptors (Lipinski definition) is 0. The Labute approximate surface area is 50.7 Å². The Balaban J connectivity index is 0.000000250. The van der Waals surface area contributed by atoms with Crippen LogP contribution in [-0.4, -0.2) is 0 Å². The van der Waals surface area contributed by atoms with E-state index in [2.05, 4.69) is 24.3 Å². The standard InChI is InChI=1S/C5H6.Ru/c1-2-4-5-3-1;/h1-4H,5H2;. The SMILES string of the molecule is C1=CCC=C1.[Ru]. The molecular formula is C5H6Ru. The number of hydrogen-bond donors (Lipinski definition) is 0. The van der Waals surface area contributed by atoms with Gasteiger partial charge in [-0.15, -0.1) is 0 Å². The van der Waals surface area contributed by atoms with Crippen LogP contribution in [0, 0.1) is 0 Å². The van der Waals surface area contributed by atoms with Crippen LogP contribution in [0.2, 0.25) is 0 Å². The number of allylic oxidation sites excluding steroid dienone is 4. The van der Waals surface area contributed by atoms with Gasteiger partial charge >= 0.3 is 0 Å². The molecule has 0 fully saturated rings. The molecule has 0 atom stereocenters. The summed E-state index contributed by atoms with van der Waals surface area (Å²) in [6.45, 7) is 0. The first-order valence-corrected chi connectivity index (χ1v) is 1.82. The maximum absolute atomic E-state index is 2.12. The Kier molecular flexibility index (Phi) is 3.36. The van der Waals surface area contributed by atoms with Crippen molar-refractivity contribution in [2.75, 3.05) is 0 Å². The van der Waals surface area contributed by atoms with Gasteiger partial charge in [-0.05, 0) is 6.42 Å². The second-order valence-corrected chi connectivity index (χ2v) is 1.09. The molecule has 0 radical (unpaired) electrons. The van der Waals surface area contributed by atoms with Crippen molar-refractivity contribution in [2.45, 2.75) is 6.42 Å². The van der Waals surface area contributed by atoms with E-state index in [0.29, 0.717) is 0 Å². The van der Waals surface area contributed by atoms with Gasteiger partial charge in [0, 0.05) is 19.5 Å². The molecule has 34 valence electrons. The van der Waals surface area contributed by atoms with Crippen LogP contribution in [0.4, 0.5) is 0 Å². The third-order valence-electron chi connectivity index (χ3n) is 0.655. The molecule has 1 aliphatic rings. The summed E-state index contributed by atoms with van der Waals surface area (Å²) >= 11 is 0. The Morgan fingerprint density at radius 2 is 1.50 bits per heavy atom. The first-order valence-electron chi connectivity index (χ1n) is 1.82. The normalized spacial score (nSPS) is 14.7. The Morgan fingerprint density at radius 3 is 1.67 bits per heavy atom. The van der Waals surface area contributed by atoms with E-state index in [4.69, 9.17) is 0 Å². The van der Waals surface area contributed by atoms with Crippen LogP contribution < -0.4 is 0 Å². The zero-order chi connectivity index (χ0) is 3.54. The van der Waals surface area contributed by atoms with Crippen LogP contribution in [-0.2, 0) is 19.5 Å². The predicted octanol–water partition coefficient (Wildman–Crippen LogP) is 1.50. The van der Waals surface area contributed by atoms with Gasteiger partial charge in [-0.25, -0.2) is 0 Å². The largest absolute Gasteiger partial charge is 0.0808 e. The van der Waals surface area contributed by atoms with Gasteiger partial charge in [0.15, 0.2) is 0 Å². The summed E-state index contributed by atoms with van der Waals surface area (Å²) < 4.78 is 0. The molecule has 0 heterocycles. The molecule has 0 nitrogen and oxygen atoms in total. The molecular weight excluding hydrogens is 161 g/mol. The topological polar surface area (TPSA) is 0 Å². The fourth-order valence-electron chi connectivity index (χ4n) is 0.393. The summed E-state index contributed by atoms with van der Waals surface area (Å²) in [5, 5.41) is 0. The van der Waals surface area contributed by atoms with E-state index in [-0.39, 0.29) is 19.5 Å². The molecule has 1 aliphatic carbocycles. The molecule has 0 saturated heterocycles. The fraction of sp³-hybridized carbons (Fsp3) is 0.200. The van der Waals surface area contributed by atoms with Crippen LogP contribution in [0.5, 0.6) is 0 Å². The summed E-state index contributed by atoms with van der Waals surface area (Å²) in [5.41, 5.74) is 0. The maximum Gasteiger partial charge on any atom is 0 e. The van der Waals surface area contributed by atoms with E-state index in [9.17, 15) is 0 Å². The van der Waals surface area contributed by atoms with Crippen molar-refractivity contribution in [2.24, 2.45) is 0 Å². The minimum Gasteiger partial charge on any atom is -0.0808 e. The zero-order valence-corrected chi connectivity index (χ0v) is 5.11. The Morgan fingerprint density at radius 1 is 1.00 bits per heavy atom. The second-order valence-electron chi connectivity index (χ2n) is 1.09. The average Bonchev–Trinajstić information content (AvgIpc) is 1.76. The van der Waals surface area contributed by atoms with Crippen molar-refractivity contribution >= 4 is 0 Å². The van der Waals surface area contributed by atoms with E-state index in [0.717, 1.165) is 6.42 Å². The van der Waals surface area contributed by atoms with Crippen LogP contribution in [0.1, 0.15) is 6.42 Å². The van der Waals surface area contributed by atoms with Gasteiger partial charge in [0.2, 0.25) is 0 Å². The molecule has 1 heteroatoms. The third kappa shape index (κ3) is 1.52. The minimum atomic E-state index is 0. The van der Waals surface area contributed by atoms with Crippen molar-refractivity contribution < 1.29 is 19.5 Å². The van der Waals surface area contributed by atoms with Gasteiger partial charge in [0.1, 0.15) is 0 Å². The molecule has 0 saturated carbocycles. The van der Waals surface area contributed by atoms with Crippen molar-refractivity contribution in [1.29, 1.82) is 0 Å². The summed E-state index contributed by atoms with van der Waals surface area (Å²) in [6, 6.07) is 0. The Bertz CT molecular complexity index is 62.0. The molecule has 0 bridgehead atoms. The summed E-state index contributed by atoms with van der Waals surface area (Å²) in [6.07, 6.45) is 9.50. The molecule has 1 rings (SSSR count). The molecule has 0 spiro atoms. The average molecular weight is 167 g/mol. The monoisotopic (exact) mass is 168 g/mol. The minimum absolute atomic E-state index is 0. The summed E-state index contributed by atoms with van der Waals surface area (Å²) in [7, 11) is 0. The third-order valence-corrected chi connectivity index (χ3v) is 0.655. The smallest absolute Gasteiger partial charge is 0 e. The van der Waals surface area contributed by atoms with Gasteiger partial charge in [-0.2, -0.15) is 0 Å². The number of rotatable bonds is 0. The van der Waals surface area contributed by atoms with Crippen molar-refractivity contribution in [1.82, 2.24) is 0 Å².